The van der Waals surface area contributed by atoms with Crippen LogP contribution in [-0.4, -0.2) is 91.8 Å². The standard InChI is InChI=1S/C25H40N2O5/c1-17(2)6-7-20-24(3,32-20)22-21(29-4)19(8-10-25(22)16-30-25)31-23(28)27-14-18(15-27)9-13-26-11-5-12-26/h6,18-22H,5,7-16H2,1-4H3/t19-,20-,21-,22?,24+,25+/m1/s1. The van der Waals surface area contributed by atoms with Crippen molar-refractivity contribution in [1.82, 2.24) is 9.80 Å². The average molecular weight is 449 g/mol. The number of hydrogen-bond acceptors (Lipinski definition) is 6. The average Bonchev–Trinajstić information content (AvgIpc) is 3.59. The van der Waals surface area contributed by atoms with E-state index in [0.717, 1.165) is 45.5 Å². The lowest BCUT2D eigenvalue weighted by atomic mass is 9.68. The van der Waals surface area contributed by atoms with Crippen molar-refractivity contribution in [3.63, 3.8) is 0 Å². The number of methoxy groups -OCH3 is 1. The molecule has 4 aliphatic heterocycles. The monoisotopic (exact) mass is 448 g/mol. The Labute approximate surface area is 192 Å². The number of carbonyl (C=O) groups is 1. The van der Waals surface area contributed by atoms with Crippen LogP contribution >= 0.6 is 0 Å². The van der Waals surface area contributed by atoms with Crippen molar-refractivity contribution in [3.8, 4) is 0 Å². The third-order valence-electron chi connectivity index (χ3n) is 8.51. The summed E-state index contributed by atoms with van der Waals surface area (Å²) < 4.78 is 24.3. The van der Waals surface area contributed by atoms with Gasteiger partial charge in [0.05, 0.1) is 18.6 Å². The van der Waals surface area contributed by atoms with E-state index in [9.17, 15) is 4.79 Å². The summed E-state index contributed by atoms with van der Waals surface area (Å²) in [6, 6.07) is 0. The highest BCUT2D eigenvalue weighted by molar-refractivity contribution is 5.69. The van der Waals surface area contributed by atoms with Gasteiger partial charge in [-0.05, 0) is 78.4 Å². The van der Waals surface area contributed by atoms with Crippen LogP contribution in [0, 0.1) is 11.8 Å². The largest absolute Gasteiger partial charge is 0.443 e. The van der Waals surface area contributed by atoms with Crippen molar-refractivity contribution in [2.24, 2.45) is 11.8 Å². The smallest absolute Gasteiger partial charge is 0.410 e. The number of amides is 1. The molecule has 0 aromatic heterocycles. The van der Waals surface area contributed by atoms with Crippen molar-refractivity contribution in [3.05, 3.63) is 11.6 Å². The number of likely N-dealkylation sites (tertiary alicyclic amines) is 2. The van der Waals surface area contributed by atoms with E-state index in [1.54, 1.807) is 7.11 Å². The molecule has 5 aliphatic rings. The van der Waals surface area contributed by atoms with Gasteiger partial charge in [-0.1, -0.05) is 11.6 Å². The molecule has 1 spiro atoms. The Bertz CT molecular complexity index is 739. The molecule has 0 bridgehead atoms. The molecule has 5 fully saturated rings. The molecule has 7 heteroatoms. The molecular weight excluding hydrogens is 408 g/mol. The van der Waals surface area contributed by atoms with Gasteiger partial charge >= 0.3 is 6.09 Å². The van der Waals surface area contributed by atoms with Crippen LogP contribution in [0.4, 0.5) is 4.79 Å². The van der Waals surface area contributed by atoms with E-state index >= 15 is 0 Å². The highest BCUT2D eigenvalue weighted by atomic mass is 16.6. The maximum Gasteiger partial charge on any atom is 0.410 e. The van der Waals surface area contributed by atoms with Gasteiger partial charge in [-0.2, -0.15) is 0 Å². The maximum atomic E-state index is 12.9. The Kier molecular flexibility index (Phi) is 6.06. The number of rotatable bonds is 8. The summed E-state index contributed by atoms with van der Waals surface area (Å²) in [7, 11) is 1.73. The number of carbonyl (C=O) groups excluding carboxylic acids is 1. The summed E-state index contributed by atoms with van der Waals surface area (Å²) in [6.45, 7) is 12.4. The van der Waals surface area contributed by atoms with Crippen LogP contribution in [0.2, 0.25) is 0 Å². The Morgan fingerprint density at radius 2 is 2.00 bits per heavy atom. The molecule has 1 saturated carbocycles. The minimum atomic E-state index is -0.299. The van der Waals surface area contributed by atoms with Crippen molar-refractivity contribution < 1.29 is 23.7 Å². The third-order valence-corrected chi connectivity index (χ3v) is 8.51. The lowest BCUT2D eigenvalue weighted by Gasteiger charge is -2.45. The van der Waals surface area contributed by atoms with Crippen molar-refractivity contribution in [2.45, 2.75) is 82.4 Å². The topological polar surface area (TPSA) is 67.1 Å². The van der Waals surface area contributed by atoms with E-state index in [4.69, 9.17) is 18.9 Å². The Hall–Kier alpha value is -1.15. The van der Waals surface area contributed by atoms with E-state index in [-0.39, 0.29) is 41.5 Å². The Balaban J connectivity index is 1.17. The number of allylic oxidation sites excluding steroid dienone is 1. The second-order valence-electron chi connectivity index (χ2n) is 11.1. The first-order valence-electron chi connectivity index (χ1n) is 12.5. The molecule has 4 saturated heterocycles. The second kappa shape index (κ2) is 8.57. The molecule has 1 aliphatic carbocycles. The van der Waals surface area contributed by atoms with Gasteiger partial charge in [0.25, 0.3) is 0 Å². The predicted octanol–water partition coefficient (Wildman–Crippen LogP) is 3.23. The van der Waals surface area contributed by atoms with E-state index in [2.05, 4.69) is 31.7 Å². The van der Waals surface area contributed by atoms with Gasteiger partial charge in [-0.15, -0.1) is 0 Å². The summed E-state index contributed by atoms with van der Waals surface area (Å²) in [6.07, 6.45) is 6.84. The molecule has 0 aromatic carbocycles. The van der Waals surface area contributed by atoms with Crippen LogP contribution in [0.25, 0.3) is 0 Å². The molecule has 0 N–H and O–H groups in total. The minimum Gasteiger partial charge on any atom is -0.443 e. The molecule has 0 radical (unpaired) electrons. The second-order valence-corrected chi connectivity index (χ2v) is 11.1. The first kappa shape index (κ1) is 22.6. The number of nitrogens with zero attached hydrogens (tertiary/aromatic N) is 2. The SMILES string of the molecule is CO[C@H]1C([C@@]2(C)O[C@@H]2CC=C(C)C)[C@]2(CC[C@H]1OC(=O)N1CC(CCN3CCC3)C1)CO2. The van der Waals surface area contributed by atoms with Crippen LogP contribution in [0.3, 0.4) is 0 Å². The minimum absolute atomic E-state index is 0.0720. The fourth-order valence-corrected chi connectivity index (χ4v) is 6.15. The summed E-state index contributed by atoms with van der Waals surface area (Å²) in [5.41, 5.74) is 0.820. The van der Waals surface area contributed by atoms with Crippen molar-refractivity contribution in [1.29, 1.82) is 0 Å². The number of epoxide rings is 2. The highest BCUT2D eigenvalue weighted by Gasteiger charge is 2.72. The number of ether oxygens (including phenoxy) is 4. The quantitative estimate of drug-likeness (QED) is 0.420. The van der Waals surface area contributed by atoms with Crippen LogP contribution in [-0.2, 0) is 18.9 Å². The molecule has 1 amide bonds. The van der Waals surface area contributed by atoms with Crippen molar-refractivity contribution >= 4 is 6.09 Å². The molecule has 6 atom stereocenters. The molecule has 0 aromatic rings. The third kappa shape index (κ3) is 4.22. The van der Waals surface area contributed by atoms with Gasteiger partial charge in [0, 0.05) is 20.2 Å². The zero-order valence-corrected chi connectivity index (χ0v) is 20.2. The van der Waals surface area contributed by atoms with Crippen LogP contribution < -0.4 is 0 Å². The zero-order chi connectivity index (χ0) is 22.5. The van der Waals surface area contributed by atoms with Gasteiger partial charge < -0.3 is 28.7 Å². The Morgan fingerprint density at radius 1 is 1.25 bits per heavy atom. The molecule has 4 heterocycles. The van der Waals surface area contributed by atoms with Gasteiger partial charge in [0.15, 0.2) is 0 Å². The molecule has 180 valence electrons. The van der Waals surface area contributed by atoms with Crippen LogP contribution in [0.15, 0.2) is 11.6 Å². The van der Waals surface area contributed by atoms with Crippen molar-refractivity contribution in [2.75, 3.05) is 46.4 Å². The lowest BCUT2D eigenvalue weighted by molar-refractivity contribution is -0.124. The van der Waals surface area contributed by atoms with Gasteiger partial charge in [-0.3, -0.25) is 0 Å². The normalized spacial score (nSPS) is 41.1. The number of hydrogen-bond donors (Lipinski definition) is 0. The molecular formula is C25H40N2O5. The lowest BCUT2D eigenvalue weighted by Crippen LogP contribution is -2.57. The highest BCUT2D eigenvalue weighted by Crippen LogP contribution is 2.59. The molecule has 32 heavy (non-hydrogen) atoms. The van der Waals surface area contributed by atoms with Gasteiger partial charge in [0.1, 0.15) is 23.4 Å². The van der Waals surface area contributed by atoms with E-state index < -0.39 is 0 Å². The predicted molar refractivity (Wildman–Crippen MR) is 121 cm³/mol. The van der Waals surface area contributed by atoms with E-state index in [1.807, 2.05) is 4.90 Å². The first-order valence-corrected chi connectivity index (χ1v) is 12.5. The zero-order valence-electron chi connectivity index (χ0n) is 20.2. The summed E-state index contributed by atoms with van der Waals surface area (Å²) >= 11 is 0. The fraction of sp³-hybridized carbons (Fsp3) is 0.880. The van der Waals surface area contributed by atoms with E-state index in [0.29, 0.717) is 5.92 Å². The summed E-state index contributed by atoms with van der Waals surface area (Å²) in [5, 5.41) is 0. The Morgan fingerprint density at radius 3 is 2.59 bits per heavy atom. The molecule has 7 nitrogen and oxygen atoms in total. The van der Waals surface area contributed by atoms with Gasteiger partial charge in [0.2, 0.25) is 0 Å². The van der Waals surface area contributed by atoms with E-state index in [1.165, 1.54) is 31.5 Å². The van der Waals surface area contributed by atoms with Crippen LogP contribution in [0.1, 0.15) is 52.9 Å². The first-order chi connectivity index (χ1) is 15.3. The summed E-state index contributed by atoms with van der Waals surface area (Å²) in [5.74, 6) is 0.681. The van der Waals surface area contributed by atoms with Gasteiger partial charge in [-0.25, -0.2) is 4.79 Å². The molecule has 1 unspecified atom stereocenters. The fourth-order valence-electron chi connectivity index (χ4n) is 6.15. The maximum absolute atomic E-state index is 12.9. The summed E-state index contributed by atoms with van der Waals surface area (Å²) in [4.78, 5) is 17.2. The van der Waals surface area contributed by atoms with Crippen LogP contribution in [0.5, 0.6) is 0 Å². The molecule has 5 rings (SSSR count).